The van der Waals surface area contributed by atoms with Crippen molar-refractivity contribution >= 4 is 17.5 Å². The Labute approximate surface area is 168 Å². The average Bonchev–Trinajstić information content (AvgIpc) is 2.99. The van der Waals surface area contributed by atoms with Gasteiger partial charge in [0.25, 0.3) is 0 Å². The number of halogens is 2. The molecule has 1 N–H and O–H groups in total. The zero-order valence-electron chi connectivity index (χ0n) is 16.6. The molecule has 1 aliphatic heterocycles. The van der Waals surface area contributed by atoms with Crippen LogP contribution in [-0.4, -0.2) is 36.9 Å². The van der Waals surface area contributed by atoms with Crippen LogP contribution in [0.3, 0.4) is 0 Å². The number of likely N-dealkylation sites (tertiary alicyclic amines) is 1. The molecule has 0 aromatic heterocycles. The van der Waals surface area contributed by atoms with E-state index in [1.807, 2.05) is 38.1 Å². The Hall–Kier alpha value is -2.96. The molecule has 1 aliphatic rings. The molecule has 1 saturated heterocycles. The minimum atomic E-state index is -1.15. The minimum Gasteiger partial charge on any atom is -0.493 e. The fraction of sp³-hybridized carbons (Fsp3) is 0.364. The molecular formula is C22H24F2N2O3. The topological polar surface area (TPSA) is 58.6 Å². The lowest BCUT2D eigenvalue weighted by Gasteiger charge is -2.18. The molecule has 29 heavy (non-hydrogen) atoms. The van der Waals surface area contributed by atoms with Gasteiger partial charge < -0.3 is 15.0 Å². The van der Waals surface area contributed by atoms with Crippen molar-refractivity contribution in [1.29, 1.82) is 0 Å². The van der Waals surface area contributed by atoms with Crippen LogP contribution in [0.15, 0.2) is 42.5 Å². The van der Waals surface area contributed by atoms with Crippen LogP contribution in [-0.2, 0) is 9.59 Å². The summed E-state index contributed by atoms with van der Waals surface area (Å²) < 4.78 is 33.1. The number of ether oxygens (including phenoxy) is 1. The van der Waals surface area contributed by atoms with Gasteiger partial charge in [0.2, 0.25) is 11.8 Å². The summed E-state index contributed by atoms with van der Waals surface area (Å²) >= 11 is 0. The largest absolute Gasteiger partial charge is 0.493 e. The lowest BCUT2D eigenvalue weighted by atomic mass is 9.87. The normalized spacial score (nSPS) is 19.0. The third kappa shape index (κ3) is 4.55. The van der Waals surface area contributed by atoms with Gasteiger partial charge in [0.05, 0.1) is 12.3 Å². The Kier molecular flexibility index (Phi) is 6.15. The highest BCUT2D eigenvalue weighted by molar-refractivity contribution is 6.08. The SMILES string of the molecule is CC(C)COc1cccc([C@H]2CN(C)C(=O)[C@@H]2C(=O)Nc2cccc(F)c2F)c1. The summed E-state index contributed by atoms with van der Waals surface area (Å²) in [4.78, 5) is 26.9. The lowest BCUT2D eigenvalue weighted by molar-refractivity contribution is -0.135. The molecule has 154 valence electrons. The Morgan fingerprint density at radius 3 is 2.69 bits per heavy atom. The second kappa shape index (κ2) is 8.59. The predicted molar refractivity (Wildman–Crippen MR) is 106 cm³/mol. The van der Waals surface area contributed by atoms with Crippen LogP contribution >= 0.6 is 0 Å². The second-order valence-corrected chi connectivity index (χ2v) is 7.67. The van der Waals surface area contributed by atoms with Gasteiger partial charge in [-0.25, -0.2) is 8.78 Å². The maximum atomic E-state index is 13.9. The Balaban J connectivity index is 1.85. The van der Waals surface area contributed by atoms with Gasteiger partial charge in [-0.1, -0.05) is 32.0 Å². The average molecular weight is 402 g/mol. The molecule has 0 bridgehead atoms. The summed E-state index contributed by atoms with van der Waals surface area (Å²) in [5.74, 6) is -3.69. The number of hydrogen-bond donors (Lipinski definition) is 1. The molecule has 1 heterocycles. The van der Waals surface area contributed by atoms with Crippen LogP contribution in [0.5, 0.6) is 5.75 Å². The molecule has 7 heteroatoms. The highest BCUT2D eigenvalue weighted by atomic mass is 19.2. The van der Waals surface area contributed by atoms with Gasteiger partial charge in [0, 0.05) is 19.5 Å². The molecule has 0 radical (unpaired) electrons. The summed E-state index contributed by atoms with van der Waals surface area (Å²) in [6, 6.07) is 10.8. The highest BCUT2D eigenvalue weighted by Gasteiger charge is 2.44. The third-order valence-corrected chi connectivity index (χ3v) is 4.88. The van der Waals surface area contributed by atoms with E-state index in [1.165, 1.54) is 17.0 Å². The quantitative estimate of drug-likeness (QED) is 0.748. The second-order valence-electron chi connectivity index (χ2n) is 7.67. The van der Waals surface area contributed by atoms with Gasteiger partial charge in [0.1, 0.15) is 11.7 Å². The van der Waals surface area contributed by atoms with Gasteiger partial charge in [-0.15, -0.1) is 0 Å². The first kappa shape index (κ1) is 20.8. The monoisotopic (exact) mass is 402 g/mol. The van der Waals surface area contributed by atoms with Gasteiger partial charge in [0.15, 0.2) is 11.6 Å². The summed E-state index contributed by atoms with van der Waals surface area (Å²) in [5.41, 5.74) is 0.494. The number of nitrogens with zero attached hydrogens (tertiary/aromatic N) is 1. The molecule has 3 rings (SSSR count). The maximum Gasteiger partial charge on any atom is 0.237 e. The molecule has 0 saturated carbocycles. The van der Waals surface area contributed by atoms with Crippen molar-refractivity contribution in [2.24, 2.45) is 11.8 Å². The van der Waals surface area contributed by atoms with E-state index in [0.29, 0.717) is 24.8 Å². The molecule has 0 unspecified atom stereocenters. The van der Waals surface area contributed by atoms with Crippen LogP contribution in [0.1, 0.15) is 25.3 Å². The summed E-state index contributed by atoms with van der Waals surface area (Å²) in [5, 5.41) is 2.37. The Morgan fingerprint density at radius 2 is 1.97 bits per heavy atom. The Bertz CT molecular complexity index is 917. The number of nitrogens with one attached hydrogen (secondary N) is 1. The molecule has 0 spiro atoms. The van der Waals surface area contributed by atoms with Crippen LogP contribution in [0.4, 0.5) is 14.5 Å². The summed E-state index contributed by atoms with van der Waals surface area (Å²) in [6.45, 7) is 4.98. The van der Waals surface area contributed by atoms with E-state index in [9.17, 15) is 18.4 Å². The number of anilines is 1. The van der Waals surface area contributed by atoms with E-state index in [-0.39, 0.29) is 11.6 Å². The molecule has 0 aliphatic carbocycles. The summed E-state index contributed by atoms with van der Waals surface area (Å²) in [7, 11) is 1.62. The zero-order valence-corrected chi connectivity index (χ0v) is 16.6. The van der Waals surface area contributed by atoms with E-state index in [4.69, 9.17) is 4.74 Å². The van der Waals surface area contributed by atoms with E-state index in [0.717, 1.165) is 11.6 Å². The van der Waals surface area contributed by atoms with Gasteiger partial charge in [-0.2, -0.15) is 0 Å². The molecule has 1 fully saturated rings. The minimum absolute atomic E-state index is 0.287. The maximum absolute atomic E-state index is 13.9. The molecule has 2 atom stereocenters. The van der Waals surface area contributed by atoms with Crippen LogP contribution in [0.25, 0.3) is 0 Å². The van der Waals surface area contributed by atoms with Crippen LogP contribution in [0.2, 0.25) is 0 Å². The number of amides is 2. The molecule has 2 aromatic carbocycles. The van der Waals surface area contributed by atoms with Crippen molar-refractivity contribution in [2.75, 3.05) is 25.5 Å². The van der Waals surface area contributed by atoms with Crippen molar-refractivity contribution in [2.45, 2.75) is 19.8 Å². The molecule has 2 amide bonds. The molecule has 2 aromatic rings. The third-order valence-electron chi connectivity index (χ3n) is 4.88. The number of benzene rings is 2. The highest BCUT2D eigenvalue weighted by Crippen LogP contribution is 2.35. The van der Waals surface area contributed by atoms with E-state index >= 15 is 0 Å². The number of carbonyl (C=O) groups excluding carboxylic acids is 2. The van der Waals surface area contributed by atoms with E-state index < -0.39 is 29.4 Å². The Morgan fingerprint density at radius 1 is 1.24 bits per heavy atom. The first-order chi connectivity index (χ1) is 13.8. The number of carbonyl (C=O) groups is 2. The number of hydrogen-bond acceptors (Lipinski definition) is 3. The van der Waals surface area contributed by atoms with E-state index in [1.54, 1.807) is 7.05 Å². The number of rotatable bonds is 6. The predicted octanol–water partition coefficient (Wildman–Crippen LogP) is 3.81. The first-order valence-electron chi connectivity index (χ1n) is 9.50. The fourth-order valence-corrected chi connectivity index (χ4v) is 3.40. The van der Waals surface area contributed by atoms with Crippen molar-refractivity contribution in [3.8, 4) is 5.75 Å². The smallest absolute Gasteiger partial charge is 0.237 e. The zero-order chi connectivity index (χ0) is 21.1. The molecular weight excluding hydrogens is 378 g/mol. The molecule has 5 nitrogen and oxygen atoms in total. The van der Waals surface area contributed by atoms with Gasteiger partial charge in [-0.05, 0) is 35.7 Å². The van der Waals surface area contributed by atoms with Crippen molar-refractivity contribution in [3.05, 3.63) is 59.7 Å². The lowest BCUT2D eigenvalue weighted by Crippen LogP contribution is -2.33. The van der Waals surface area contributed by atoms with Crippen molar-refractivity contribution < 1.29 is 23.1 Å². The van der Waals surface area contributed by atoms with Crippen molar-refractivity contribution in [1.82, 2.24) is 4.90 Å². The van der Waals surface area contributed by atoms with Crippen molar-refractivity contribution in [3.63, 3.8) is 0 Å². The summed E-state index contributed by atoms with van der Waals surface area (Å²) in [6.07, 6.45) is 0. The van der Waals surface area contributed by atoms with Crippen LogP contribution in [0, 0.1) is 23.5 Å². The standard InChI is InChI=1S/C22H24F2N2O3/c1-13(2)12-29-15-7-4-6-14(10-15)16-11-26(3)22(28)19(16)21(27)25-18-9-5-8-17(23)20(18)24/h4-10,13,16,19H,11-12H2,1-3H3,(H,25,27)/t16-,19+/m1/s1. The fourth-order valence-electron chi connectivity index (χ4n) is 3.40. The first-order valence-corrected chi connectivity index (χ1v) is 9.50. The van der Waals surface area contributed by atoms with Crippen LogP contribution < -0.4 is 10.1 Å². The number of likely N-dealkylation sites (N-methyl/N-ethyl adjacent to an activating group) is 1. The van der Waals surface area contributed by atoms with Gasteiger partial charge in [-0.3, -0.25) is 9.59 Å². The van der Waals surface area contributed by atoms with E-state index in [2.05, 4.69) is 5.32 Å². The van der Waals surface area contributed by atoms with Gasteiger partial charge >= 0.3 is 0 Å².